The standard InChI is InChI=1S/C18H23F3O3/c1-12(2)13-6-8-14(9-7-13)15(3,4)24-16(5)10-17(22,23-11-16)18(19,20)21/h6-9,22H,1,10-11H2,2-5H3. The molecule has 1 aliphatic rings. The van der Waals surface area contributed by atoms with E-state index in [1.807, 2.05) is 31.2 Å². The lowest BCUT2D eigenvalue weighted by Gasteiger charge is -2.36. The fourth-order valence-corrected chi connectivity index (χ4v) is 2.96. The maximum absolute atomic E-state index is 12.9. The van der Waals surface area contributed by atoms with E-state index in [0.717, 1.165) is 16.7 Å². The van der Waals surface area contributed by atoms with Crippen LogP contribution in [0.25, 0.3) is 5.57 Å². The second kappa shape index (κ2) is 5.86. The molecule has 1 N–H and O–H groups in total. The van der Waals surface area contributed by atoms with Gasteiger partial charge < -0.3 is 14.6 Å². The van der Waals surface area contributed by atoms with Gasteiger partial charge in [0.25, 0.3) is 5.79 Å². The Morgan fingerprint density at radius 2 is 1.79 bits per heavy atom. The van der Waals surface area contributed by atoms with Crippen LogP contribution < -0.4 is 0 Å². The molecule has 1 saturated heterocycles. The maximum Gasteiger partial charge on any atom is 0.443 e. The van der Waals surface area contributed by atoms with Crippen LogP contribution in [0.5, 0.6) is 0 Å². The van der Waals surface area contributed by atoms with Gasteiger partial charge in [-0.25, -0.2) is 0 Å². The van der Waals surface area contributed by atoms with Crippen molar-refractivity contribution in [3.05, 3.63) is 42.0 Å². The molecular formula is C18H23F3O3. The van der Waals surface area contributed by atoms with Crippen molar-refractivity contribution in [3.8, 4) is 0 Å². The Kier molecular flexibility index (Phi) is 4.63. The molecule has 0 radical (unpaired) electrons. The minimum Gasteiger partial charge on any atom is -0.362 e. The fraction of sp³-hybridized carbons (Fsp3) is 0.556. The van der Waals surface area contributed by atoms with E-state index in [2.05, 4.69) is 11.3 Å². The number of halogens is 3. The summed E-state index contributed by atoms with van der Waals surface area (Å²) < 4.78 is 49.4. The molecule has 0 spiro atoms. The smallest absolute Gasteiger partial charge is 0.362 e. The third-order valence-electron chi connectivity index (χ3n) is 4.25. The first kappa shape index (κ1) is 19.0. The Balaban J connectivity index is 2.18. The molecule has 1 aromatic carbocycles. The monoisotopic (exact) mass is 344 g/mol. The summed E-state index contributed by atoms with van der Waals surface area (Å²) in [4.78, 5) is 0. The van der Waals surface area contributed by atoms with Crippen LogP contribution >= 0.6 is 0 Å². The van der Waals surface area contributed by atoms with Crippen LogP contribution in [0, 0.1) is 0 Å². The molecule has 1 fully saturated rings. The van der Waals surface area contributed by atoms with Gasteiger partial charge in [0, 0.05) is 6.42 Å². The predicted molar refractivity (Wildman–Crippen MR) is 85.2 cm³/mol. The molecule has 1 aliphatic heterocycles. The van der Waals surface area contributed by atoms with Gasteiger partial charge in [0.15, 0.2) is 0 Å². The van der Waals surface area contributed by atoms with Crippen molar-refractivity contribution in [1.82, 2.24) is 0 Å². The van der Waals surface area contributed by atoms with E-state index in [4.69, 9.17) is 4.74 Å². The number of alkyl halides is 3. The van der Waals surface area contributed by atoms with Gasteiger partial charge in [-0.15, -0.1) is 0 Å². The maximum atomic E-state index is 12.9. The van der Waals surface area contributed by atoms with Crippen LogP contribution in [0.4, 0.5) is 13.2 Å². The summed E-state index contributed by atoms with van der Waals surface area (Å²) in [6.07, 6.45) is -5.53. The molecule has 0 aromatic heterocycles. The predicted octanol–water partition coefficient (Wildman–Crippen LogP) is 4.40. The summed E-state index contributed by atoms with van der Waals surface area (Å²) in [5.74, 6) is -3.17. The SMILES string of the molecule is C=C(C)c1ccc(C(C)(C)OC2(C)COC(O)(C(F)(F)F)C2)cc1. The second-order valence-corrected chi connectivity index (χ2v) is 7.17. The highest BCUT2D eigenvalue weighted by atomic mass is 19.4. The molecule has 134 valence electrons. The average Bonchev–Trinajstić information content (AvgIpc) is 2.74. The Hall–Kier alpha value is -1.37. The van der Waals surface area contributed by atoms with Gasteiger partial charge in [0.2, 0.25) is 0 Å². The summed E-state index contributed by atoms with van der Waals surface area (Å²) in [6.45, 7) is 10.5. The molecule has 0 saturated carbocycles. The molecule has 3 nitrogen and oxygen atoms in total. The molecule has 1 aromatic rings. The zero-order valence-corrected chi connectivity index (χ0v) is 14.3. The van der Waals surface area contributed by atoms with Gasteiger partial charge >= 0.3 is 6.18 Å². The van der Waals surface area contributed by atoms with Gasteiger partial charge in [0.05, 0.1) is 17.8 Å². The van der Waals surface area contributed by atoms with Gasteiger partial charge in [0.1, 0.15) is 0 Å². The van der Waals surface area contributed by atoms with Gasteiger partial charge in [-0.1, -0.05) is 36.4 Å². The number of aliphatic hydroxyl groups is 1. The van der Waals surface area contributed by atoms with Crippen molar-refractivity contribution in [2.75, 3.05) is 6.61 Å². The van der Waals surface area contributed by atoms with Crippen LogP contribution in [-0.2, 0) is 15.1 Å². The van der Waals surface area contributed by atoms with Crippen LogP contribution in [0.2, 0.25) is 0 Å². The first-order valence-electron chi connectivity index (χ1n) is 7.68. The molecule has 0 amide bonds. The minimum absolute atomic E-state index is 0.337. The van der Waals surface area contributed by atoms with Crippen LogP contribution in [-0.4, -0.2) is 29.3 Å². The Morgan fingerprint density at radius 3 is 2.21 bits per heavy atom. The van der Waals surface area contributed by atoms with E-state index in [0.29, 0.717) is 0 Å². The van der Waals surface area contributed by atoms with Crippen molar-refractivity contribution < 1.29 is 27.8 Å². The Morgan fingerprint density at radius 1 is 1.25 bits per heavy atom. The van der Waals surface area contributed by atoms with Crippen molar-refractivity contribution in [3.63, 3.8) is 0 Å². The summed E-state index contributed by atoms with van der Waals surface area (Å²) in [7, 11) is 0. The third-order valence-corrected chi connectivity index (χ3v) is 4.25. The number of allylic oxidation sites excluding steroid dienone is 1. The molecule has 24 heavy (non-hydrogen) atoms. The van der Waals surface area contributed by atoms with E-state index in [9.17, 15) is 18.3 Å². The van der Waals surface area contributed by atoms with E-state index in [1.165, 1.54) is 6.92 Å². The van der Waals surface area contributed by atoms with Gasteiger partial charge in [-0.2, -0.15) is 13.2 Å². The number of hydrogen-bond acceptors (Lipinski definition) is 3. The van der Waals surface area contributed by atoms with Gasteiger partial charge in [-0.3, -0.25) is 0 Å². The van der Waals surface area contributed by atoms with Crippen molar-refractivity contribution in [1.29, 1.82) is 0 Å². The molecule has 1 heterocycles. The zero-order valence-electron chi connectivity index (χ0n) is 14.3. The van der Waals surface area contributed by atoms with Crippen molar-refractivity contribution in [2.24, 2.45) is 0 Å². The van der Waals surface area contributed by atoms with Crippen molar-refractivity contribution in [2.45, 2.75) is 57.3 Å². The lowest BCUT2D eigenvalue weighted by atomic mass is 9.93. The largest absolute Gasteiger partial charge is 0.443 e. The molecule has 2 rings (SSSR count). The highest BCUT2D eigenvalue weighted by molar-refractivity contribution is 5.61. The molecule has 0 aliphatic carbocycles. The number of ether oxygens (including phenoxy) is 2. The quantitative estimate of drug-likeness (QED) is 0.880. The number of hydrogen-bond donors (Lipinski definition) is 1. The van der Waals surface area contributed by atoms with E-state index in [1.54, 1.807) is 13.8 Å². The fourth-order valence-electron chi connectivity index (χ4n) is 2.96. The third kappa shape index (κ3) is 3.66. The molecule has 0 bridgehead atoms. The van der Waals surface area contributed by atoms with E-state index < -0.39 is 29.6 Å². The molecule has 2 atom stereocenters. The Labute approximate surface area is 140 Å². The highest BCUT2D eigenvalue weighted by Gasteiger charge is 2.63. The van der Waals surface area contributed by atoms with Crippen LogP contribution in [0.15, 0.2) is 30.8 Å². The van der Waals surface area contributed by atoms with E-state index in [-0.39, 0.29) is 6.61 Å². The average molecular weight is 344 g/mol. The van der Waals surface area contributed by atoms with E-state index >= 15 is 0 Å². The number of rotatable bonds is 4. The summed E-state index contributed by atoms with van der Waals surface area (Å²) in [6, 6.07) is 7.50. The lowest BCUT2D eigenvalue weighted by Crippen LogP contribution is -2.46. The first-order chi connectivity index (χ1) is 10.8. The van der Waals surface area contributed by atoms with Crippen LogP contribution in [0.3, 0.4) is 0 Å². The molecular weight excluding hydrogens is 321 g/mol. The van der Waals surface area contributed by atoms with Gasteiger partial charge in [-0.05, 0) is 38.8 Å². The molecule has 6 heteroatoms. The van der Waals surface area contributed by atoms with Crippen molar-refractivity contribution >= 4 is 5.57 Å². The zero-order chi connectivity index (χ0) is 18.4. The summed E-state index contributed by atoms with van der Waals surface area (Å²) in [5, 5.41) is 9.69. The normalized spacial score (nSPS) is 28.2. The second-order valence-electron chi connectivity index (χ2n) is 7.17. The summed E-state index contributed by atoms with van der Waals surface area (Å²) in [5.41, 5.74) is 0.628. The topological polar surface area (TPSA) is 38.7 Å². The first-order valence-corrected chi connectivity index (χ1v) is 7.68. The minimum atomic E-state index is -4.86. The van der Waals surface area contributed by atoms with Crippen LogP contribution in [0.1, 0.15) is 45.2 Å². The summed E-state index contributed by atoms with van der Waals surface area (Å²) >= 11 is 0. The number of benzene rings is 1. The lowest BCUT2D eigenvalue weighted by molar-refractivity contribution is -0.349. The molecule has 2 unspecified atom stereocenters. The highest BCUT2D eigenvalue weighted by Crippen LogP contribution is 2.46. The Bertz CT molecular complexity index is 621.